The van der Waals surface area contributed by atoms with Crippen molar-refractivity contribution in [3.63, 3.8) is 0 Å². The van der Waals surface area contributed by atoms with Gasteiger partial charge in [0.15, 0.2) is 5.69 Å². The molecule has 1 N–H and O–H groups in total. The van der Waals surface area contributed by atoms with E-state index in [1.807, 2.05) is 0 Å². The van der Waals surface area contributed by atoms with Crippen LogP contribution in [-0.2, 0) is 4.74 Å². The van der Waals surface area contributed by atoms with Gasteiger partial charge >= 0.3 is 5.97 Å². The first-order chi connectivity index (χ1) is 9.95. The minimum atomic E-state index is -1.24. The number of carbonyl (C=O) groups excluding carboxylic acids is 1. The Kier molecular flexibility index (Phi) is 3.87. The second kappa shape index (κ2) is 5.61. The van der Waals surface area contributed by atoms with Crippen molar-refractivity contribution in [1.82, 2.24) is 15.4 Å². The van der Waals surface area contributed by atoms with Gasteiger partial charge in [-0.2, -0.15) is 10.3 Å². The van der Waals surface area contributed by atoms with Crippen molar-refractivity contribution in [3.8, 4) is 11.3 Å². The molecule has 2 rings (SSSR count). The average Bonchev–Trinajstić information content (AvgIpc) is 2.86. The largest absolute Gasteiger partial charge is 0.461 e. The second-order valence-electron chi connectivity index (χ2n) is 3.78. The van der Waals surface area contributed by atoms with Gasteiger partial charge in [-0.05, 0) is 6.92 Å². The lowest BCUT2D eigenvalue weighted by Gasteiger charge is -2.04. The monoisotopic (exact) mass is 298 g/mol. The highest BCUT2D eigenvalue weighted by Gasteiger charge is 2.29. The van der Waals surface area contributed by atoms with E-state index >= 15 is 0 Å². The number of rotatable bonds is 4. The quantitative estimate of drug-likeness (QED) is 0.523. The number of hydrogen-bond acceptors (Lipinski definition) is 6. The molecule has 0 saturated carbocycles. The molecule has 0 amide bonds. The molecule has 0 aliphatic rings. The standard InChI is InChI=1S/C11H8F2N4O4/c1-2-21-11(18)10-9(14-16-15-10)8-6(13)3-5(12)4-7(8)17(19)20/h3-4H,2H2,1H3,(H,14,15,16). The highest BCUT2D eigenvalue weighted by atomic mass is 19.1. The number of ether oxygens (including phenoxy) is 1. The smallest absolute Gasteiger partial charge is 0.361 e. The minimum absolute atomic E-state index is 0.0269. The molecular weight excluding hydrogens is 290 g/mol. The second-order valence-corrected chi connectivity index (χ2v) is 3.78. The third-order valence-electron chi connectivity index (χ3n) is 2.48. The molecule has 8 nitrogen and oxygen atoms in total. The highest BCUT2D eigenvalue weighted by Crippen LogP contribution is 2.33. The lowest BCUT2D eigenvalue weighted by molar-refractivity contribution is -0.384. The third-order valence-corrected chi connectivity index (χ3v) is 2.48. The van der Waals surface area contributed by atoms with E-state index in [0.29, 0.717) is 12.1 Å². The van der Waals surface area contributed by atoms with Gasteiger partial charge in [-0.1, -0.05) is 0 Å². The van der Waals surface area contributed by atoms with Gasteiger partial charge in [0.2, 0.25) is 0 Å². The number of esters is 1. The Balaban J connectivity index is 2.66. The van der Waals surface area contributed by atoms with Crippen LogP contribution in [0.15, 0.2) is 12.1 Å². The number of hydrogen-bond donors (Lipinski definition) is 1. The predicted octanol–water partition coefficient (Wildman–Crippen LogP) is 1.83. The van der Waals surface area contributed by atoms with Crippen LogP contribution in [0.1, 0.15) is 17.4 Å². The van der Waals surface area contributed by atoms with E-state index in [1.54, 1.807) is 6.92 Å². The normalized spacial score (nSPS) is 10.4. The van der Waals surface area contributed by atoms with Crippen LogP contribution in [0.4, 0.5) is 14.5 Å². The SMILES string of the molecule is CCOC(=O)c1n[nH]nc1-c1c(F)cc(F)cc1[N+](=O)[O-]. The Bertz CT molecular complexity index is 716. The van der Waals surface area contributed by atoms with Gasteiger partial charge in [-0.3, -0.25) is 10.1 Å². The van der Waals surface area contributed by atoms with E-state index in [2.05, 4.69) is 20.1 Å². The number of H-pyrrole nitrogens is 1. The maximum absolute atomic E-state index is 13.9. The number of nitrogens with one attached hydrogen (secondary N) is 1. The molecule has 0 unspecified atom stereocenters. The number of nitro benzene ring substituents is 1. The molecule has 1 aromatic heterocycles. The number of aromatic nitrogens is 3. The van der Waals surface area contributed by atoms with Crippen molar-refractivity contribution in [3.05, 3.63) is 39.6 Å². The molecule has 0 aliphatic carbocycles. The molecule has 21 heavy (non-hydrogen) atoms. The first-order valence-corrected chi connectivity index (χ1v) is 5.67. The number of halogens is 2. The lowest BCUT2D eigenvalue weighted by Crippen LogP contribution is -2.08. The molecule has 10 heteroatoms. The van der Waals surface area contributed by atoms with Crippen LogP contribution in [0.3, 0.4) is 0 Å². The molecular formula is C11H8F2N4O4. The predicted molar refractivity (Wildman–Crippen MR) is 64.3 cm³/mol. The summed E-state index contributed by atoms with van der Waals surface area (Å²) in [5.41, 5.74) is -2.35. The molecule has 110 valence electrons. The molecule has 0 aliphatic heterocycles. The van der Waals surface area contributed by atoms with Crippen LogP contribution < -0.4 is 0 Å². The summed E-state index contributed by atoms with van der Waals surface area (Å²) in [7, 11) is 0. The van der Waals surface area contributed by atoms with Crippen molar-refractivity contribution in [2.24, 2.45) is 0 Å². The zero-order chi connectivity index (χ0) is 15.6. The number of aromatic amines is 1. The summed E-state index contributed by atoms with van der Waals surface area (Å²) in [6.07, 6.45) is 0. The van der Waals surface area contributed by atoms with Gasteiger partial charge in [-0.25, -0.2) is 13.6 Å². The summed E-state index contributed by atoms with van der Waals surface area (Å²) in [5.74, 6) is -3.29. The summed E-state index contributed by atoms with van der Waals surface area (Å²) in [6.45, 7) is 1.57. The fourth-order valence-electron chi connectivity index (χ4n) is 1.69. The van der Waals surface area contributed by atoms with Crippen molar-refractivity contribution >= 4 is 11.7 Å². The fourth-order valence-corrected chi connectivity index (χ4v) is 1.69. The van der Waals surface area contributed by atoms with Crippen LogP contribution in [0.25, 0.3) is 11.3 Å². The minimum Gasteiger partial charge on any atom is -0.461 e. The van der Waals surface area contributed by atoms with Crippen LogP contribution in [0.2, 0.25) is 0 Å². The molecule has 0 atom stereocenters. The zero-order valence-electron chi connectivity index (χ0n) is 10.6. The number of benzene rings is 1. The van der Waals surface area contributed by atoms with E-state index in [0.717, 1.165) is 0 Å². The van der Waals surface area contributed by atoms with Crippen molar-refractivity contribution in [2.75, 3.05) is 6.61 Å². The first-order valence-electron chi connectivity index (χ1n) is 5.67. The molecule has 0 fully saturated rings. The Morgan fingerprint density at radius 3 is 2.76 bits per heavy atom. The van der Waals surface area contributed by atoms with Crippen LogP contribution in [-0.4, -0.2) is 32.9 Å². The molecule has 1 aromatic carbocycles. The zero-order valence-corrected chi connectivity index (χ0v) is 10.6. The van der Waals surface area contributed by atoms with E-state index < -0.39 is 45.2 Å². The Morgan fingerprint density at radius 1 is 1.43 bits per heavy atom. The van der Waals surface area contributed by atoms with Gasteiger partial charge in [0.25, 0.3) is 5.69 Å². The number of nitrogens with zero attached hydrogens (tertiary/aromatic N) is 3. The average molecular weight is 298 g/mol. The molecule has 1 heterocycles. The van der Waals surface area contributed by atoms with Gasteiger partial charge in [0, 0.05) is 6.07 Å². The Hall–Kier alpha value is -2.91. The topological polar surface area (TPSA) is 111 Å². The fraction of sp³-hybridized carbons (Fsp3) is 0.182. The Labute approximate surface area is 115 Å². The summed E-state index contributed by atoms with van der Waals surface area (Å²) < 4.78 is 31.7. The Morgan fingerprint density at radius 2 is 2.14 bits per heavy atom. The summed E-state index contributed by atoms with van der Waals surface area (Å²) in [6, 6.07) is 0.980. The van der Waals surface area contributed by atoms with E-state index in [4.69, 9.17) is 0 Å². The number of nitro groups is 1. The van der Waals surface area contributed by atoms with Gasteiger partial charge in [0.1, 0.15) is 22.9 Å². The van der Waals surface area contributed by atoms with Crippen LogP contribution in [0.5, 0.6) is 0 Å². The van der Waals surface area contributed by atoms with E-state index in [9.17, 15) is 23.7 Å². The lowest BCUT2D eigenvalue weighted by atomic mass is 10.1. The maximum atomic E-state index is 13.9. The van der Waals surface area contributed by atoms with Gasteiger partial charge in [-0.15, -0.1) is 5.10 Å². The number of carbonyl (C=O) groups is 1. The summed E-state index contributed by atoms with van der Waals surface area (Å²) in [4.78, 5) is 21.6. The van der Waals surface area contributed by atoms with Crippen LogP contribution in [0, 0.1) is 21.7 Å². The molecule has 0 radical (unpaired) electrons. The first kappa shape index (κ1) is 14.5. The third kappa shape index (κ3) is 2.68. The molecule has 0 spiro atoms. The van der Waals surface area contributed by atoms with Gasteiger partial charge in [0.05, 0.1) is 17.6 Å². The van der Waals surface area contributed by atoms with Crippen molar-refractivity contribution < 1.29 is 23.2 Å². The molecule has 2 aromatic rings. The van der Waals surface area contributed by atoms with E-state index in [-0.39, 0.29) is 6.61 Å². The summed E-state index contributed by atoms with van der Waals surface area (Å²) >= 11 is 0. The van der Waals surface area contributed by atoms with Gasteiger partial charge < -0.3 is 4.74 Å². The highest BCUT2D eigenvalue weighted by molar-refractivity contribution is 5.95. The molecule has 0 bridgehead atoms. The van der Waals surface area contributed by atoms with E-state index in [1.165, 1.54) is 0 Å². The summed E-state index contributed by atoms with van der Waals surface area (Å²) in [5, 5.41) is 20.0. The molecule has 0 saturated heterocycles. The van der Waals surface area contributed by atoms with Crippen molar-refractivity contribution in [1.29, 1.82) is 0 Å². The maximum Gasteiger partial charge on any atom is 0.361 e. The van der Waals surface area contributed by atoms with Crippen molar-refractivity contribution in [2.45, 2.75) is 6.92 Å². The van der Waals surface area contributed by atoms with Crippen LogP contribution >= 0.6 is 0 Å².